The molecule has 1 atom stereocenters. The Morgan fingerprint density at radius 1 is 1.47 bits per heavy atom. The zero-order valence-corrected chi connectivity index (χ0v) is 10.1. The first kappa shape index (κ1) is 10.6. The van der Waals surface area contributed by atoms with Crippen LogP contribution in [0.1, 0.15) is 24.4 Å². The van der Waals surface area contributed by atoms with Gasteiger partial charge in [-0.15, -0.1) is 0 Å². The fourth-order valence-corrected chi connectivity index (χ4v) is 2.76. The Kier molecular flexibility index (Phi) is 2.52. The van der Waals surface area contributed by atoms with Crippen molar-refractivity contribution in [3.63, 3.8) is 0 Å². The molecule has 0 radical (unpaired) electrons. The molecule has 1 aromatic carbocycles. The lowest BCUT2D eigenvalue weighted by Gasteiger charge is -2.25. The molecule has 2 aromatic rings. The van der Waals surface area contributed by atoms with Crippen molar-refractivity contribution in [2.75, 3.05) is 18.8 Å². The second kappa shape index (κ2) is 4.04. The Labute approximate surface area is 101 Å². The lowest BCUT2D eigenvalue weighted by Crippen LogP contribution is -2.32. The summed E-state index contributed by atoms with van der Waals surface area (Å²) in [6, 6.07) is 6.63. The molecule has 0 aliphatic carbocycles. The van der Waals surface area contributed by atoms with Crippen molar-refractivity contribution in [2.24, 2.45) is 0 Å². The molecule has 90 valence electrons. The lowest BCUT2D eigenvalue weighted by atomic mass is 10.1. The van der Waals surface area contributed by atoms with Crippen LogP contribution in [0.25, 0.3) is 11.0 Å². The summed E-state index contributed by atoms with van der Waals surface area (Å²) in [4.78, 5) is 4.46. The summed E-state index contributed by atoms with van der Waals surface area (Å²) in [6.45, 7) is 4.22. The minimum Gasteiger partial charge on any atom is -0.369 e. The van der Waals surface area contributed by atoms with Gasteiger partial charge in [-0.05, 0) is 37.9 Å². The van der Waals surface area contributed by atoms with Gasteiger partial charge in [-0.2, -0.15) is 0 Å². The normalized spacial score (nSPS) is 20.9. The average molecular weight is 230 g/mol. The molecule has 0 amide bonds. The number of hydrogen-bond donors (Lipinski definition) is 2. The number of nitrogens with one attached hydrogen (secondary N) is 1. The van der Waals surface area contributed by atoms with Crippen LogP contribution in [-0.2, 0) is 0 Å². The molecule has 1 aliphatic heterocycles. The Balaban J connectivity index is 2.16. The molecular formula is C13H18N4. The number of fused-ring (bicyclic) bond motifs is 1. The number of para-hydroxylation sites is 1. The smallest absolute Gasteiger partial charge is 0.201 e. The summed E-state index contributed by atoms with van der Waals surface area (Å²) in [5, 5.41) is 3.43. The number of piperidine rings is 1. The van der Waals surface area contributed by atoms with Gasteiger partial charge in [0.25, 0.3) is 0 Å². The molecule has 4 heteroatoms. The van der Waals surface area contributed by atoms with Crippen LogP contribution < -0.4 is 11.1 Å². The van der Waals surface area contributed by atoms with Crippen molar-refractivity contribution in [1.29, 1.82) is 0 Å². The van der Waals surface area contributed by atoms with Gasteiger partial charge in [-0.25, -0.2) is 4.98 Å². The first-order valence-electron chi connectivity index (χ1n) is 6.21. The van der Waals surface area contributed by atoms with Crippen molar-refractivity contribution in [3.8, 4) is 0 Å². The van der Waals surface area contributed by atoms with E-state index in [-0.39, 0.29) is 0 Å². The first-order valence-corrected chi connectivity index (χ1v) is 6.21. The van der Waals surface area contributed by atoms with Gasteiger partial charge in [0, 0.05) is 12.6 Å². The summed E-state index contributed by atoms with van der Waals surface area (Å²) in [6.07, 6.45) is 2.38. The molecule has 1 saturated heterocycles. The quantitative estimate of drug-likeness (QED) is 0.786. The number of aromatic nitrogens is 2. The van der Waals surface area contributed by atoms with Crippen molar-refractivity contribution in [1.82, 2.24) is 14.9 Å². The Morgan fingerprint density at radius 3 is 3.12 bits per heavy atom. The van der Waals surface area contributed by atoms with E-state index in [1.807, 2.05) is 12.1 Å². The Bertz CT molecular complexity index is 538. The highest BCUT2D eigenvalue weighted by Gasteiger charge is 2.20. The maximum atomic E-state index is 6.08. The van der Waals surface area contributed by atoms with E-state index in [0.29, 0.717) is 12.0 Å². The number of rotatable bonds is 1. The van der Waals surface area contributed by atoms with Crippen molar-refractivity contribution >= 4 is 17.0 Å². The summed E-state index contributed by atoms with van der Waals surface area (Å²) in [7, 11) is 0. The van der Waals surface area contributed by atoms with E-state index in [1.54, 1.807) is 0 Å². The van der Waals surface area contributed by atoms with Gasteiger partial charge < -0.3 is 15.6 Å². The minimum atomic E-state index is 0.440. The first-order chi connectivity index (χ1) is 8.27. The number of imidazole rings is 1. The van der Waals surface area contributed by atoms with E-state index in [2.05, 4.69) is 27.9 Å². The van der Waals surface area contributed by atoms with Crippen LogP contribution in [0.3, 0.4) is 0 Å². The lowest BCUT2D eigenvalue weighted by molar-refractivity contribution is 0.381. The Hall–Kier alpha value is -1.55. The maximum Gasteiger partial charge on any atom is 0.201 e. The molecule has 0 saturated carbocycles. The van der Waals surface area contributed by atoms with Gasteiger partial charge in [-0.3, -0.25) is 0 Å². The highest BCUT2D eigenvalue weighted by Crippen LogP contribution is 2.28. The highest BCUT2D eigenvalue weighted by molar-refractivity contribution is 5.81. The van der Waals surface area contributed by atoms with Crippen LogP contribution in [0.5, 0.6) is 0 Å². The van der Waals surface area contributed by atoms with Gasteiger partial charge >= 0.3 is 0 Å². The minimum absolute atomic E-state index is 0.440. The summed E-state index contributed by atoms with van der Waals surface area (Å²) >= 11 is 0. The van der Waals surface area contributed by atoms with Crippen molar-refractivity contribution in [2.45, 2.75) is 25.8 Å². The van der Waals surface area contributed by atoms with Crippen LogP contribution in [0.15, 0.2) is 18.2 Å². The van der Waals surface area contributed by atoms with Gasteiger partial charge in [0.05, 0.1) is 11.0 Å². The second-order valence-electron chi connectivity index (χ2n) is 4.78. The van der Waals surface area contributed by atoms with Gasteiger partial charge in [0.2, 0.25) is 5.95 Å². The summed E-state index contributed by atoms with van der Waals surface area (Å²) < 4.78 is 2.21. The molecule has 1 aliphatic rings. The number of anilines is 1. The van der Waals surface area contributed by atoms with Crippen LogP contribution in [0.2, 0.25) is 0 Å². The van der Waals surface area contributed by atoms with Gasteiger partial charge in [0.15, 0.2) is 0 Å². The third-order valence-electron chi connectivity index (χ3n) is 3.58. The standard InChI is InChI=1S/C13H18N4/c1-9-4-2-6-11-12(9)17(13(14)16-11)10-5-3-7-15-8-10/h2,4,6,10,15H,3,5,7-8H2,1H3,(H2,14,16). The topological polar surface area (TPSA) is 55.9 Å². The number of nitrogens with zero attached hydrogens (tertiary/aromatic N) is 2. The van der Waals surface area contributed by atoms with E-state index in [0.717, 1.165) is 18.6 Å². The van der Waals surface area contributed by atoms with E-state index in [4.69, 9.17) is 5.73 Å². The molecule has 1 unspecified atom stereocenters. The fraction of sp³-hybridized carbons (Fsp3) is 0.462. The molecule has 17 heavy (non-hydrogen) atoms. The number of nitrogen functional groups attached to an aromatic ring is 1. The molecule has 3 N–H and O–H groups in total. The largest absolute Gasteiger partial charge is 0.369 e. The van der Waals surface area contributed by atoms with Crippen LogP contribution in [-0.4, -0.2) is 22.6 Å². The van der Waals surface area contributed by atoms with Crippen molar-refractivity contribution in [3.05, 3.63) is 23.8 Å². The average Bonchev–Trinajstić information content (AvgIpc) is 2.68. The predicted octanol–water partition coefficient (Wildman–Crippen LogP) is 1.85. The Morgan fingerprint density at radius 2 is 2.35 bits per heavy atom. The van der Waals surface area contributed by atoms with E-state index < -0.39 is 0 Å². The van der Waals surface area contributed by atoms with Crippen LogP contribution >= 0.6 is 0 Å². The number of hydrogen-bond acceptors (Lipinski definition) is 3. The maximum absolute atomic E-state index is 6.08. The van der Waals surface area contributed by atoms with E-state index in [9.17, 15) is 0 Å². The molecule has 0 bridgehead atoms. The molecule has 0 spiro atoms. The molecule has 1 aromatic heterocycles. The summed E-state index contributed by atoms with van der Waals surface area (Å²) in [5.74, 6) is 0.642. The SMILES string of the molecule is Cc1cccc2nc(N)n(C3CCCNC3)c12. The zero-order valence-electron chi connectivity index (χ0n) is 10.1. The number of benzene rings is 1. The van der Waals surface area contributed by atoms with E-state index in [1.165, 1.54) is 23.9 Å². The third kappa shape index (κ3) is 1.69. The number of aryl methyl sites for hydroxylation is 1. The molecular weight excluding hydrogens is 212 g/mol. The second-order valence-corrected chi connectivity index (χ2v) is 4.78. The van der Waals surface area contributed by atoms with Gasteiger partial charge in [0.1, 0.15) is 0 Å². The molecule has 3 rings (SSSR count). The third-order valence-corrected chi connectivity index (χ3v) is 3.58. The van der Waals surface area contributed by atoms with Crippen molar-refractivity contribution < 1.29 is 0 Å². The number of nitrogens with two attached hydrogens (primary N) is 1. The van der Waals surface area contributed by atoms with Gasteiger partial charge in [-0.1, -0.05) is 12.1 Å². The highest BCUT2D eigenvalue weighted by atomic mass is 15.2. The molecule has 2 heterocycles. The van der Waals surface area contributed by atoms with Crippen LogP contribution in [0, 0.1) is 6.92 Å². The fourth-order valence-electron chi connectivity index (χ4n) is 2.76. The monoisotopic (exact) mass is 230 g/mol. The molecule has 4 nitrogen and oxygen atoms in total. The zero-order chi connectivity index (χ0) is 11.8. The van der Waals surface area contributed by atoms with E-state index >= 15 is 0 Å². The molecule has 1 fully saturated rings. The predicted molar refractivity (Wildman–Crippen MR) is 70.0 cm³/mol. The van der Waals surface area contributed by atoms with Crippen LogP contribution in [0.4, 0.5) is 5.95 Å². The summed E-state index contributed by atoms with van der Waals surface area (Å²) in [5.41, 5.74) is 9.53.